The van der Waals surface area contributed by atoms with Crippen LogP contribution in [-0.4, -0.2) is 21.7 Å². The number of benzene rings is 2. The molecule has 0 saturated heterocycles. The van der Waals surface area contributed by atoms with Gasteiger partial charge < -0.3 is 5.11 Å². The molecule has 0 saturated carbocycles. The van der Waals surface area contributed by atoms with Crippen LogP contribution >= 0.6 is 27.5 Å². The van der Waals surface area contributed by atoms with Gasteiger partial charge in [0.2, 0.25) is 0 Å². The second kappa shape index (κ2) is 6.67. The maximum Gasteiger partial charge on any atom is 0.276 e. The van der Waals surface area contributed by atoms with E-state index < -0.39 is 5.72 Å². The third-order valence-corrected chi connectivity index (χ3v) is 4.78. The van der Waals surface area contributed by atoms with E-state index in [1.165, 1.54) is 5.01 Å². The Bertz CT molecular complexity index is 807. The molecule has 1 N–H and O–H groups in total. The van der Waals surface area contributed by atoms with E-state index in [2.05, 4.69) is 21.0 Å². The summed E-state index contributed by atoms with van der Waals surface area (Å²) in [6.45, 7) is 1.95. The molecule has 124 valence electrons. The molecule has 1 aliphatic heterocycles. The molecule has 6 heteroatoms. The second-order valence-corrected chi connectivity index (χ2v) is 7.00. The quantitative estimate of drug-likeness (QED) is 0.811. The van der Waals surface area contributed by atoms with E-state index in [-0.39, 0.29) is 12.3 Å². The molecule has 3 rings (SSSR count). The predicted octanol–water partition coefficient (Wildman–Crippen LogP) is 4.56. The Morgan fingerprint density at radius 3 is 2.67 bits per heavy atom. The van der Waals surface area contributed by atoms with Crippen molar-refractivity contribution in [3.8, 4) is 0 Å². The summed E-state index contributed by atoms with van der Waals surface area (Å²) in [6.07, 6.45) is 0.954. The SMILES string of the molecule is CCC1=NN(C(=O)c2cccc(Cl)c2)[C@@](O)(c2ccc(Br)cc2)C1. The molecule has 1 atom stereocenters. The largest absolute Gasteiger partial charge is 0.365 e. The fraction of sp³-hybridized carbons (Fsp3) is 0.222. The van der Waals surface area contributed by atoms with Gasteiger partial charge in [-0.3, -0.25) is 4.79 Å². The van der Waals surface area contributed by atoms with Crippen molar-refractivity contribution in [1.82, 2.24) is 5.01 Å². The van der Waals surface area contributed by atoms with Crippen LogP contribution in [0.1, 0.15) is 35.7 Å². The number of nitrogens with zero attached hydrogens (tertiary/aromatic N) is 2. The first kappa shape index (κ1) is 17.1. The second-order valence-electron chi connectivity index (χ2n) is 5.65. The smallest absolute Gasteiger partial charge is 0.276 e. The summed E-state index contributed by atoms with van der Waals surface area (Å²) in [5, 5.41) is 17.3. The number of amides is 1. The summed E-state index contributed by atoms with van der Waals surface area (Å²) >= 11 is 9.36. The van der Waals surface area contributed by atoms with Gasteiger partial charge in [-0.1, -0.05) is 52.7 Å². The molecule has 1 amide bonds. The number of rotatable bonds is 3. The Hall–Kier alpha value is -1.69. The zero-order valence-corrected chi connectivity index (χ0v) is 15.4. The molecule has 0 spiro atoms. The number of halogens is 2. The molecule has 0 unspecified atom stereocenters. The van der Waals surface area contributed by atoms with E-state index in [1.807, 2.05) is 19.1 Å². The minimum Gasteiger partial charge on any atom is -0.365 e. The standard InChI is InChI=1S/C18H16BrClN2O2/c1-2-16-11-18(24,13-6-8-14(19)9-7-13)22(21-16)17(23)12-4-3-5-15(20)10-12/h3-10,24H,2,11H2,1H3/t18-/m0/s1. The summed E-state index contributed by atoms with van der Waals surface area (Å²) in [4.78, 5) is 12.9. The maximum atomic E-state index is 12.9. The lowest BCUT2D eigenvalue weighted by atomic mass is 9.96. The number of aliphatic hydroxyl groups is 1. The van der Waals surface area contributed by atoms with Gasteiger partial charge in [0, 0.05) is 32.8 Å². The first-order valence-electron chi connectivity index (χ1n) is 7.59. The van der Waals surface area contributed by atoms with Gasteiger partial charge in [0.1, 0.15) is 0 Å². The molecular formula is C18H16BrClN2O2. The van der Waals surface area contributed by atoms with Gasteiger partial charge in [0.15, 0.2) is 5.72 Å². The molecule has 1 aliphatic rings. The molecule has 0 aliphatic carbocycles. The number of carbonyl (C=O) groups excluding carboxylic acids is 1. The van der Waals surface area contributed by atoms with E-state index in [0.717, 1.165) is 10.2 Å². The summed E-state index contributed by atoms with van der Waals surface area (Å²) < 4.78 is 0.900. The van der Waals surface area contributed by atoms with Crippen molar-refractivity contribution in [1.29, 1.82) is 0 Å². The van der Waals surface area contributed by atoms with Crippen LogP contribution in [0.15, 0.2) is 58.1 Å². The predicted molar refractivity (Wildman–Crippen MR) is 98.0 cm³/mol. The van der Waals surface area contributed by atoms with Crippen LogP contribution in [0.5, 0.6) is 0 Å². The zero-order valence-electron chi connectivity index (χ0n) is 13.0. The van der Waals surface area contributed by atoms with E-state index in [0.29, 0.717) is 22.6 Å². The van der Waals surface area contributed by atoms with Crippen molar-refractivity contribution >= 4 is 39.1 Å². The molecular weight excluding hydrogens is 392 g/mol. The van der Waals surface area contributed by atoms with Crippen LogP contribution in [-0.2, 0) is 5.72 Å². The molecule has 4 nitrogen and oxygen atoms in total. The van der Waals surface area contributed by atoms with Gasteiger partial charge in [0.05, 0.1) is 0 Å². The van der Waals surface area contributed by atoms with Crippen LogP contribution in [0.25, 0.3) is 0 Å². The highest BCUT2D eigenvalue weighted by Gasteiger charge is 2.45. The Morgan fingerprint density at radius 2 is 2.04 bits per heavy atom. The Morgan fingerprint density at radius 1 is 1.33 bits per heavy atom. The van der Waals surface area contributed by atoms with Crippen molar-refractivity contribution in [3.63, 3.8) is 0 Å². The lowest BCUT2D eigenvalue weighted by molar-refractivity contribution is -0.0765. The van der Waals surface area contributed by atoms with E-state index in [1.54, 1.807) is 36.4 Å². The van der Waals surface area contributed by atoms with Gasteiger partial charge in [-0.05, 0) is 36.8 Å². The summed E-state index contributed by atoms with van der Waals surface area (Å²) in [7, 11) is 0. The van der Waals surface area contributed by atoms with Crippen molar-refractivity contribution in [2.75, 3.05) is 0 Å². The fourth-order valence-corrected chi connectivity index (χ4v) is 3.17. The maximum absolute atomic E-state index is 12.9. The Labute approximate surface area is 153 Å². The van der Waals surface area contributed by atoms with Crippen LogP contribution in [0.2, 0.25) is 5.02 Å². The topological polar surface area (TPSA) is 52.9 Å². The van der Waals surface area contributed by atoms with Crippen molar-refractivity contribution in [3.05, 3.63) is 69.2 Å². The lowest BCUT2D eigenvalue weighted by Gasteiger charge is -2.31. The minimum atomic E-state index is -1.49. The van der Waals surface area contributed by atoms with Gasteiger partial charge in [-0.2, -0.15) is 10.1 Å². The summed E-state index contributed by atoms with van der Waals surface area (Å²) in [5.74, 6) is -0.383. The fourth-order valence-electron chi connectivity index (χ4n) is 2.71. The van der Waals surface area contributed by atoms with E-state index in [9.17, 15) is 9.90 Å². The molecule has 0 aromatic heterocycles. The average molecular weight is 408 g/mol. The zero-order chi connectivity index (χ0) is 17.3. The number of carbonyl (C=O) groups is 1. The first-order chi connectivity index (χ1) is 11.4. The van der Waals surface area contributed by atoms with Crippen molar-refractivity contribution in [2.45, 2.75) is 25.5 Å². The minimum absolute atomic E-state index is 0.289. The highest BCUT2D eigenvalue weighted by molar-refractivity contribution is 9.10. The molecule has 2 aromatic carbocycles. The van der Waals surface area contributed by atoms with Gasteiger partial charge in [0.25, 0.3) is 5.91 Å². The summed E-state index contributed by atoms with van der Waals surface area (Å²) in [6, 6.07) is 13.9. The van der Waals surface area contributed by atoms with E-state index >= 15 is 0 Å². The van der Waals surface area contributed by atoms with Crippen LogP contribution in [0.4, 0.5) is 0 Å². The Kier molecular flexibility index (Phi) is 4.76. The molecule has 2 aromatic rings. The monoisotopic (exact) mass is 406 g/mol. The van der Waals surface area contributed by atoms with Crippen LogP contribution in [0.3, 0.4) is 0 Å². The van der Waals surface area contributed by atoms with E-state index in [4.69, 9.17) is 11.6 Å². The van der Waals surface area contributed by atoms with Gasteiger partial charge in [-0.15, -0.1) is 0 Å². The van der Waals surface area contributed by atoms with Crippen molar-refractivity contribution in [2.24, 2.45) is 5.10 Å². The number of hydrogen-bond acceptors (Lipinski definition) is 3. The molecule has 24 heavy (non-hydrogen) atoms. The van der Waals surface area contributed by atoms with Crippen LogP contribution in [0, 0.1) is 0 Å². The molecule has 0 radical (unpaired) electrons. The van der Waals surface area contributed by atoms with Crippen LogP contribution < -0.4 is 0 Å². The van der Waals surface area contributed by atoms with Crippen molar-refractivity contribution < 1.29 is 9.90 Å². The number of hydrogen-bond donors (Lipinski definition) is 1. The number of hydrazone groups is 1. The first-order valence-corrected chi connectivity index (χ1v) is 8.76. The molecule has 1 heterocycles. The Balaban J connectivity index is 2.03. The van der Waals surface area contributed by atoms with Gasteiger partial charge >= 0.3 is 0 Å². The highest BCUT2D eigenvalue weighted by Crippen LogP contribution is 2.37. The normalized spacial score (nSPS) is 20.2. The average Bonchev–Trinajstić information content (AvgIpc) is 2.93. The summed E-state index contributed by atoms with van der Waals surface area (Å²) in [5.41, 5.74) is 0.286. The third kappa shape index (κ3) is 3.11. The third-order valence-electron chi connectivity index (χ3n) is 4.02. The van der Waals surface area contributed by atoms with Gasteiger partial charge in [-0.25, -0.2) is 0 Å². The molecule has 0 fully saturated rings. The molecule has 0 bridgehead atoms. The highest BCUT2D eigenvalue weighted by atomic mass is 79.9. The lowest BCUT2D eigenvalue weighted by Crippen LogP contribution is -2.43.